The fraction of sp³-hybridized carbons (Fsp3) is 0.111. The monoisotopic (exact) mass is 345 g/mol. The predicted molar refractivity (Wildman–Crippen MR) is 86.1 cm³/mol. The molecule has 0 unspecified atom stereocenters. The summed E-state index contributed by atoms with van der Waals surface area (Å²) in [5.41, 5.74) is -0.409. The van der Waals surface area contributed by atoms with Gasteiger partial charge in [-0.05, 0) is 18.2 Å². The third kappa shape index (κ3) is 3.43. The normalized spacial score (nSPS) is 13.3. The molecule has 0 spiro atoms. The second-order valence-corrected chi connectivity index (χ2v) is 4.74. The Balaban J connectivity index is 2.78. The van der Waals surface area contributed by atoms with Crippen molar-refractivity contribution in [1.29, 1.82) is 0 Å². The van der Waals surface area contributed by atoms with Gasteiger partial charge in [-0.15, -0.1) is 6.42 Å². The minimum atomic E-state index is -1.16. The van der Waals surface area contributed by atoms with Crippen LogP contribution in [0.3, 0.4) is 0 Å². The molecule has 0 fully saturated rings. The molecule has 0 atom stereocenters. The first-order valence-electron chi connectivity index (χ1n) is 6.95. The van der Waals surface area contributed by atoms with Gasteiger partial charge in [0.05, 0.1) is 31.0 Å². The summed E-state index contributed by atoms with van der Waals surface area (Å²) in [6, 6.07) is 1.65. The number of nitrogens with zero attached hydrogens (tertiary/aromatic N) is 1. The van der Waals surface area contributed by atoms with Crippen LogP contribution in [0.15, 0.2) is 47.8 Å². The molecule has 2 rings (SSSR count). The van der Waals surface area contributed by atoms with Gasteiger partial charge in [0.15, 0.2) is 11.6 Å². The van der Waals surface area contributed by atoms with Crippen molar-refractivity contribution >= 4 is 17.6 Å². The molecule has 1 heterocycles. The largest absolute Gasteiger partial charge is 0.465 e. The van der Waals surface area contributed by atoms with E-state index < -0.39 is 23.6 Å². The van der Waals surface area contributed by atoms with Crippen molar-refractivity contribution in [3.05, 3.63) is 65.0 Å². The summed E-state index contributed by atoms with van der Waals surface area (Å²) in [5.74, 6) is -1.77. The maximum Gasteiger partial charge on any atom is 0.355 e. The maximum absolute atomic E-state index is 13.8. The van der Waals surface area contributed by atoms with Crippen LogP contribution in [-0.2, 0) is 19.1 Å². The summed E-state index contributed by atoms with van der Waals surface area (Å²) in [7, 11) is 2.26. The zero-order valence-corrected chi connectivity index (χ0v) is 13.4. The number of allylic oxidation sites excluding steroid dienone is 2. The van der Waals surface area contributed by atoms with Crippen LogP contribution in [0.2, 0.25) is 0 Å². The van der Waals surface area contributed by atoms with Crippen molar-refractivity contribution in [3.63, 3.8) is 0 Å². The highest BCUT2D eigenvalue weighted by atomic mass is 19.2. The molecule has 0 radical (unpaired) electrons. The van der Waals surface area contributed by atoms with Crippen molar-refractivity contribution < 1.29 is 27.8 Å². The molecule has 1 aliphatic rings. The molecular weight excluding hydrogens is 332 g/mol. The van der Waals surface area contributed by atoms with Crippen LogP contribution in [-0.4, -0.2) is 26.2 Å². The van der Waals surface area contributed by atoms with E-state index in [2.05, 4.69) is 10.7 Å². The number of ether oxygens (including phenoxy) is 2. The average molecular weight is 345 g/mol. The number of benzene rings is 1. The first kappa shape index (κ1) is 17.9. The van der Waals surface area contributed by atoms with E-state index in [1.807, 2.05) is 0 Å². The molecule has 1 aromatic rings. The number of hydrogen-bond acceptors (Lipinski definition) is 5. The Kier molecular flexibility index (Phi) is 5.35. The summed E-state index contributed by atoms with van der Waals surface area (Å²) in [6.45, 7) is 0. The highest BCUT2D eigenvalue weighted by Crippen LogP contribution is 2.30. The molecule has 0 saturated carbocycles. The zero-order chi connectivity index (χ0) is 18.6. The van der Waals surface area contributed by atoms with Crippen LogP contribution < -0.4 is 4.90 Å². The lowest BCUT2D eigenvalue weighted by Gasteiger charge is -2.24. The van der Waals surface area contributed by atoms with E-state index >= 15 is 0 Å². The van der Waals surface area contributed by atoms with Crippen molar-refractivity contribution in [2.75, 3.05) is 19.1 Å². The van der Waals surface area contributed by atoms with Crippen LogP contribution in [0.25, 0.3) is 0 Å². The third-order valence-corrected chi connectivity index (χ3v) is 3.34. The van der Waals surface area contributed by atoms with Crippen molar-refractivity contribution in [3.8, 4) is 12.3 Å². The number of terminal acetylenes is 1. The molecule has 25 heavy (non-hydrogen) atoms. The maximum atomic E-state index is 13.8. The number of methoxy groups -OCH3 is 2. The summed E-state index contributed by atoms with van der Waals surface area (Å²) in [4.78, 5) is 25.5. The highest BCUT2D eigenvalue weighted by molar-refractivity contribution is 6.05. The van der Waals surface area contributed by atoms with Crippen molar-refractivity contribution in [2.45, 2.75) is 0 Å². The van der Waals surface area contributed by atoms with Crippen LogP contribution in [0.4, 0.5) is 14.5 Å². The van der Waals surface area contributed by atoms with Gasteiger partial charge in [0.2, 0.25) is 0 Å². The predicted octanol–water partition coefficient (Wildman–Crippen LogP) is 2.44. The van der Waals surface area contributed by atoms with E-state index in [9.17, 15) is 18.4 Å². The van der Waals surface area contributed by atoms with Gasteiger partial charge in [0.1, 0.15) is 5.70 Å². The van der Waals surface area contributed by atoms with Gasteiger partial charge in [0, 0.05) is 12.3 Å². The Morgan fingerprint density at radius 3 is 2.32 bits per heavy atom. The second kappa shape index (κ2) is 7.45. The molecule has 0 amide bonds. The molecule has 0 aromatic heterocycles. The Labute approximate surface area is 142 Å². The average Bonchev–Trinajstić information content (AvgIpc) is 2.85. The molecule has 1 aromatic carbocycles. The van der Waals surface area contributed by atoms with E-state index in [4.69, 9.17) is 11.2 Å². The number of carbonyl (C=O) groups is 2. The molecule has 7 heteroatoms. The Hall–Kier alpha value is -3.40. The standard InChI is InChI=1S/C18H13F2NO4/c1-4-11-9-13(19)14(20)10-15(11)21-8-6-5-7-12(17(22)24-2)16(21)18(23)25-3/h1,5-10H,2-3H3. The van der Waals surface area contributed by atoms with Gasteiger partial charge < -0.3 is 14.4 Å². The smallest absolute Gasteiger partial charge is 0.355 e. The van der Waals surface area contributed by atoms with Gasteiger partial charge in [-0.25, -0.2) is 18.4 Å². The molecule has 128 valence electrons. The third-order valence-electron chi connectivity index (χ3n) is 3.34. The molecular formula is C18H13F2NO4. The van der Waals surface area contributed by atoms with Gasteiger partial charge in [-0.1, -0.05) is 12.0 Å². The molecule has 1 aliphatic heterocycles. The Morgan fingerprint density at radius 2 is 1.72 bits per heavy atom. The lowest BCUT2D eigenvalue weighted by molar-refractivity contribution is -0.139. The Bertz CT molecular complexity index is 863. The summed E-state index contributed by atoms with van der Waals surface area (Å²) >= 11 is 0. The number of carbonyl (C=O) groups excluding carboxylic acids is 2. The molecule has 0 saturated heterocycles. The van der Waals surface area contributed by atoms with E-state index in [1.165, 1.54) is 24.4 Å². The number of halogens is 2. The van der Waals surface area contributed by atoms with E-state index in [0.29, 0.717) is 0 Å². The van der Waals surface area contributed by atoms with Gasteiger partial charge >= 0.3 is 11.9 Å². The molecule has 0 aliphatic carbocycles. The topological polar surface area (TPSA) is 55.8 Å². The molecule has 0 bridgehead atoms. The summed E-state index contributed by atoms with van der Waals surface area (Å²) in [6.07, 6.45) is 11.0. The minimum absolute atomic E-state index is 0.0110. The zero-order valence-electron chi connectivity index (χ0n) is 13.4. The van der Waals surface area contributed by atoms with Crippen LogP contribution in [0.5, 0.6) is 0 Å². The van der Waals surface area contributed by atoms with Crippen molar-refractivity contribution in [1.82, 2.24) is 0 Å². The Morgan fingerprint density at radius 1 is 1.08 bits per heavy atom. The fourth-order valence-corrected chi connectivity index (χ4v) is 2.20. The van der Waals surface area contributed by atoms with Crippen LogP contribution in [0.1, 0.15) is 5.56 Å². The number of rotatable bonds is 3. The van der Waals surface area contributed by atoms with Gasteiger partial charge in [-0.2, -0.15) is 0 Å². The number of esters is 2. The first-order valence-corrected chi connectivity index (χ1v) is 6.95. The lowest BCUT2D eigenvalue weighted by Crippen LogP contribution is -2.27. The van der Waals surface area contributed by atoms with E-state index in [1.54, 1.807) is 0 Å². The minimum Gasteiger partial charge on any atom is -0.465 e. The SMILES string of the molecule is C#Cc1cc(F)c(F)cc1N1C=CC=CC(C(=O)OC)=C1C(=O)OC. The van der Waals surface area contributed by atoms with E-state index in [0.717, 1.165) is 31.3 Å². The van der Waals surface area contributed by atoms with Gasteiger partial charge in [0.25, 0.3) is 0 Å². The van der Waals surface area contributed by atoms with Crippen LogP contribution in [0, 0.1) is 24.0 Å². The fourth-order valence-electron chi connectivity index (χ4n) is 2.20. The second-order valence-electron chi connectivity index (χ2n) is 4.74. The lowest BCUT2D eigenvalue weighted by atomic mass is 10.1. The van der Waals surface area contributed by atoms with Crippen molar-refractivity contribution in [2.24, 2.45) is 0 Å². The quantitative estimate of drug-likeness (QED) is 0.622. The summed E-state index contributed by atoms with van der Waals surface area (Å²) < 4.78 is 36.6. The van der Waals surface area contributed by atoms with Crippen LogP contribution >= 0.6 is 0 Å². The molecule has 0 N–H and O–H groups in total. The van der Waals surface area contributed by atoms with E-state index in [-0.39, 0.29) is 22.5 Å². The highest BCUT2D eigenvalue weighted by Gasteiger charge is 2.29. The number of anilines is 1. The molecule has 5 nitrogen and oxygen atoms in total. The summed E-state index contributed by atoms with van der Waals surface area (Å²) in [5, 5.41) is 0. The van der Waals surface area contributed by atoms with Gasteiger partial charge in [-0.3, -0.25) is 0 Å². The number of hydrogen-bond donors (Lipinski definition) is 0. The first-order chi connectivity index (χ1) is 11.9.